The minimum atomic E-state index is 0.330. The zero-order chi connectivity index (χ0) is 8.39. The summed E-state index contributed by atoms with van der Waals surface area (Å²) in [6.07, 6.45) is 1.53. The van der Waals surface area contributed by atoms with Gasteiger partial charge in [0.15, 0.2) is 0 Å². The highest BCUT2D eigenvalue weighted by Gasteiger charge is 2.02. The minimum Gasteiger partial charge on any atom is -0.432 e. The molecule has 0 saturated heterocycles. The topological polar surface area (TPSA) is 92.5 Å². The maximum Gasteiger partial charge on any atom is 0.301 e. The number of oxazole rings is 1. The van der Waals surface area contributed by atoms with Gasteiger partial charge in [0.25, 0.3) is 5.95 Å². The molecule has 0 aliphatic carbocycles. The van der Waals surface area contributed by atoms with E-state index < -0.39 is 0 Å². The molecule has 0 aromatic carbocycles. The van der Waals surface area contributed by atoms with Gasteiger partial charge in [-0.1, -0.05) is 5.10 Å². The van der Waals surface area contributed by atoms with Gasteiger partial charge >= 0.3 is 6.01 Å². The smallest absolute Gasteiger partial charge is 0.301 e. The lowest BCUT2D eigenvalue weighted by Gasteiger charge is -1.89. The molecule has 2 rings (SSSR count). The van der Waals surface area contributed by atoms with E-state index in [0.29, 0.717) is 12.0 Å². The number of tetrazole rings is 1. The SMILES string of the molecule is Cc1coc(Nc2nn[nH]n2)n1. The van der Waals surface area contributed by atoms with Crippen LogP contribution in [-0.2, 0) is 0 Å². The predicted molar refractivity (Wildman–Crippen MR) is 38.7 cm³/mol. The van der Waals surface area contributed by atoms with Crippen molar-refractivity contribution in [3.05, 3.63) is 12.0 Å². The van der Waals surface area contributed by atoms with Crippen LogP contribution >= 0.6 is 0 Å². The van der Waals surface area contributed by atoms with Gasteiger partial charge in [-0.15, -0.1) is 5.10 Å². The average Bonchev–Trinajstić information content (AvgIpc) is 2.63. The molecule has 0 aliphatic heterocycles. The number of nitrogens with one attached hydrogen (secondary N) is 2. The van der Waals surface area contributed by atoms with Crippen LogP contribution < -0.4 is 5.32 Å². The number of rotatable bonds is 2. The second-order valence-electron chi connectivity index (χ2n) is 2.15. The maximum absolute atomic E-state index is 4.99. The third-order valence-electron chi connectivity index (χ3n) is 1.18. The normalized spacial score (nSPS) is 10.1. The summed E-state index contributed by atoms with van der Waals surface area (Å²) in [4.78, 5) is 3.99. The van der Waals surface area contributed by atoms with Crippen LogP contribution in [0.15, 0.2) is 10.7 Å². The molecule has 0 spiro atoms. The highest BCUT2D eigenvalue weighted by molar-refractivity contribution is 5.38. The molecule has 0 aliphatic rings. The maximum atomic E-state index is 4.99. The molecule has 2 N–H and O–H groups in total. The zero-order valence-corrected chi connectivity index (χ0v) is 6.27. The summed E-state index contributed by atoms with van der Waals surface area (Å²) in [6.45, 7) is 1.82. The largest absolute Gasteiger partial charge is 0.432 e. The number of hydrogen-bond acceptors (Lipinski definition) is 6. The van der Waals surface area contributed by atoms with E-state index in [1.807, 2.05) is 6.92 Å². The summed E-state index contributed by atoms with van der Waals surface area (Å²) in [6, 6.07) is 0.355. The van der Waals surface area contributed by atoms with Gasteiger partial charge in [-0.2, -0.15) is 10.2 Å². The second-order valence-corrected chi connectivity index (χ2v) is 2.15. The van der Waals surface area contributed by atoms with E-state index in [2.05, 4.69) is 30.9 Å². The fraction of sp³-hybridized carbons (Fsp3) is 0.200. The molecule has 2 aromatic heterocycles. The molecule has 0 atom stereocenters. The van der Waals surface area contributed by atoms with Crippen molar-refractivity contribution in [2.24, 2.45) is 0 Å². The van der Waals surface area contributed by atoms with Gasteiger partial charge in [-0.25, -0.2) is 0 Å². The van der Waals surface area contributed by atoms with Crippen molar-refractivity contribution in [2.45, 2.75) is 6.92 Å². The lowest BCUT2D eigenvalue weighted by molar-refractivity contribution is 0.575. The molecule has 0 unspecified atom stereocenters. The quantitative estimate of drug-likeness (QED) is 0.663. The number of hydrogen-bond donors (Lipinski definition) is 2. The van der Waals surface area contributed by atoms with Crippen LogP contribution in [0, 0.1) is 6.92 Å². The van der Waals surface area contributed by atoms with Crippen LogP contribution in [0.3, 0.4) is 0 Å². The molecular formula is C5H6N6O. The van der Waals surface area contributed by atoms with Crippen molar-refractivity contribution in [3.8, 4) is 0 Å². The monoisotopic (exact) mass is 166 g/mol. The lowest BCUT2D eigenvalue weighted by Crippen LogP contribution is -1.92. The van der Waals surface area contributed by atoms with Crippen molar-refractivity contribution >= 4 is 12.0 Å². The van der Waals surface area contributed by atoms with Crippen LogP contribution in [0.4, 0.5) is 12.0 Å². The van der Waals surface area contributed by atoms with E-state index in [1.54, 1.807) is 0 Å². The highest BCUT2D eigenvalue weighted by atomic mass is 16.4. The Morgan fingerprint density at radius 1 is 1.58 bits per heavy atom. The molecule has 7 heteroatoms. The Balaban J connectivity index is 2.14. The summed E-state index contributed by atoms with van der Waals surface area (Å²) >= 11 is 0. The first kappa shape index (κ1) is 6.77. The number of aryl methyl sites for hydroxylation is 1. The Kier molecular flexibility index (Phi) is 1.47. The summed E-state index contributed by atoms with van der Waals surface area (Å²) < 4.78 is 4.99. The van der Waals surface area contributed by atoms with E-state index in [-0.39, 0.29) is 0 Å². The molecule has 12 heavy (non-hydrogen) atoms. The average molecular weight is 166 g/mol. The first-order valence-corrected chi connectivity index (χ1v) is 3.27. The van der Waals surface area contributed by atoms with E-state index in [0.717, 1.165) is 5.69 Å². The molecular weight excluding hydrogens is 160 g/mol. The van der Waals surface area contributed by atoms with Crippen LogP contribution in [0.1, 0.15) is 5.69 Å². The van der Waals surface area contributed by atoms with Gasteiger partial charge in [0.2, 0.25) is 0 Å². The van der Waals surface area contributed by atoms with Crippen molar-refractivity contribution in [2.75, 3.05) is 5.32 Å². The number of nitrogens with zero attached hydrogens (tertiary/aromatic N) is 4. The summed E-state index contributed by atoms with van der Waals surface area (Å²) in [5.74, 6) is 0.330. The Bertz CT molecular complexity index is 352. The van der Waals surface area contributed by atoms with E-state index >= 15 is 0 Å². The third kappa shape index (κ3) is 1.24. The van der Waals surface area contributed by atoms with Gasteiger partial charge in [0, 0.05) is 0 Å². The van der Waals surface area contributed by atoms with E-state index in [4.69, 9.17) is 4.42 Å². The van der Waals surface area contributed by atoms with Crippen LogP contribution in [0.5, 0.6) is 0 Å². The van der Waals surface area contributed by atoms with Gasteiger partial charge in [-0.3, -0.25) is 5.32 Å². The first-order valence-electron chi connectivity index (χ1n) is 3.27. The predicted octanol–water partition coefficient (Wildman–Crippen LogP) is 0.240. The van der Waals surface area contributed by atoms with Crippen molar-refractivity contribution < 1.29 is 4.42 Å². The Morgan fingerprint density at radius 3 is 3.08 bits per heavy atom. The second kappa shape index (κ2) is 2.61. The van der Waals surface area contributed by atoms with Crippen molar-refractivity contribution in [3.63, 3.8) is 0 Å². The Labute approximate surface area is 67.2 Å². The lowest BCUT2D eigenvalue weighted by atomic mass is 10.6. The molecule has 2 aromatic rings. The third-order valence-corrected chi connectivity index (χ3v) is 1.18. The number of anilines is 2. The highest BCUT2D eigenvalue weighted by Crippen LogP contribution is 2.09. The molecule has 0 amide bonds. The van der Waals surface area contributed by atoms with Crippen LogP contribution in [-0.4, -0.2) is 25.6 Å². The van der Waals surface area contributed by atoms with Crippen molar-refractivity contribution in [1.29, 1.82) is 0 Å². The first-order chi connectivity index (χ1) is 5.84. The van der Waals surface area contributed by atoms with E-state index in [9.17, 15) is 0 Å². The van der Waals surface area contributed by atoms with Gasteiger partial charge < -0.3 is 4.42 Å². The molecule has 0 saturated carbocycles. The molecule has 62 valence electrons. The summed E-state index contributed by atoms with van der Waals surface area (Å²) in [5.41, 5.74) is 0.793. The molecule has 0 bridgehead atoms. The van der Waals surface area contributed by atoms with Gasteiger partial charge in [-0.05, 0) is 12.1 Å². The van der Waals surface area contributed by atoms with Crippen molar-refractivity contribution in [1.82, 2.24) is 25.6 Å². The van der Waals surface area contributed by atoms with Crippen LogP contribution in [0.2, 0.25) is 0 Å². The van der Waals surface area contributed by atoms with E-state index in [1.165, 1.54) is 6.26 Å². The molecule has 2 heterocycles. The molecule has 0 fully saturated rings. The van der Waals surface area contributed by atoms with Gasteiger partial charge in [0.1, 0.15) is 6.26 Å². The fourth-order valence-corrected chi connectivity index (χ4v) is 0.722. The van der Waals surface area contributed by atoms with Crippen LogP contribution in [0.25, 0.3) is 0 Å². The number of aromatic amines is 1. The number of H-pyrrole nitrogens is 1. The number of aromatic nitrogens is 5. The molecule has 7 nitrogen and oxygen atoms in total. The molecule has 0 radical (unpaired) electrons. The zero-order valence-electron chi connectivity index (χ0n) is 6.27. The summed E-state index contributed by atoms with van der Waals surface area (Å²) in [7, 11) is 0. The Hall–Kier alpha value is -1.92. The fourth-order valence-electron chi connectivity index (χ4n) is 0.722. The van der Waals surface area contributed by atoms with Gasteiger partial charge in [0.05, 0.1) is 5.69 Å². The summed E-state index contributed by atoms with van der Waals surface area (Å²) in [5, 5.41) is 15.7. The minimum absolute atomic E-state index is 0.330. The standard InChI is InChI=1S/C5H6N6O/c1-3-2-12-5(6-3)7-4-8-10-11-9-4/h2H,1H3,(H2,6,7,8,9,10,11). The Morgan fingerprint density at radius 2 is 2.50 bits per heavy atom.